The van der Waals surface area contributed by atoms with Crippen molar-refractivity contribution in [2.24, 2.45) is 0 Å². The van der Waals surface area contributed by atoms with Crippen LogP contribution >= 0.6 is 11.6 Å². The van der Waals surface area contributed by atoms with E-state index in [0.29, 0.717) is 23.7 Å². The third-order valence-corrected chi connectivity index (χ3v) is 4.41. The Morgan fingerprint density at radius 1 is 1.16 bits per heavy atom. The number of aromatic nitrogens is 5. The van der Waals surface area contributed by atoms with Gasteiger partial charge in [0.2, 0.25) is 0 Å². The van der Waals surface area contributed by atoms with Crippen LogP contribution in [0.3, 0.4) is 0 Å². The molecule has 7 heteroatoms. The molecule has 0 saturated carbocycles. The van der Waals surface area contributed by atoms with Gasteiger partial charge in [0.25, 0.3) is 0 Å². The molecular weight excluding hydrogens is 338 g/mol. The lowest BCUT2D eigenvalue weighted by molar-refractivity contribution is 0.788. The molecule has 25 heavy (non-hydrogen) atoms. The van der Waals surface area contributed by atoms with Crippen molar-refractivity contribution in [1.82, 2.24) is 24.7 Å². The molecule has 2 heterocycles. The van der Waals surface area contributed by atoms with E-state index in [1.54, 1.807) is 16.7 Å². The van der Waals surface area contributed by atoms with E-state index >= 15 is 0 Å². The lowest BCUT2D eigenvalue weighted by atomic mass is 10.2. The van der Waals surface area contributed by atoms with Gasteiger partial charge in [-0.25, -0.2) is 19.4 Å². The fourth-order valence-corrected chi connectivity index (χ4v) is 3.09. The molecule has 0 aliphatic heterocycles. The molecule has 0 saturated heterocycles. The summed E-state index contributed by atoms with van der Waals surface area (Å²) in [6.45, 7) is 1.94. The first kappa shape index (κ1) is 15.7. The third-order valence-electron chi connectivity index (χ3n) is 4.18. The summed E-state index contributed by atoms with van der Waals surface area (Å²) in [5.41, 5.74) is 3.36. The van der Waals surface area contributed by atoms with Crippen molar-refractivity contribution >= 4 is 22.6 Å². The highest BCUT2D eigenvalue weighted by atomic mass is 35.5. The molecule has 2 aromatic carbocycles. The molecule has 4 aromatic rings. The number of H-pyrrole nitrogens is 2. The number of rotatable bonds is 4. The second kappa shape index (κ2) is 6.22. The maximum Gasteiger partial charge on any atom is 0.347 e. The predicted molar refractivity (Wildman–Crippen MR) is 97.4 cm³/mol. The lowest BCUT2D eigenvalue weighted by Crippen LogP contribution is -2.18. The molecule has 126 valence electrons. The Kier molecular flexibility index (Phi) is 3.89. The third kappa shape index (κ3) is 2.96. The molecule has 6 nitrogen and oxygen atoms in total. The van der Waals surface area contributed by atoms with E-state index < -0.39 is 0 Å². The van der Waals surface area contributed by atoms with E-state index in [4.69, 9.17) is 11.6 Å². The van der Waals surface area contributed by atoms with Gasteiger partial charge >= 0.3 is 5.69 Å². The Hall–Kier alpha value is -2.86. The van der Waals surface area contributed by atoms with Gasteiger partial charge in [0, 0.05) is 17.9 Å². The SMILES string of the molecule is Cc1ccc(Cl)cc1-n1c(CCc2nc3ccccc3[nH]2)n[nH]c1=O. The molecule has 2 N–H and O–H groups in total. The van der Waals surface area contributed by atoms with Gasteiger partial charge in [-0.15, -0.1) is 0 Å². The van der Waals surface area contributed by atoms with Gasteiger partial charge in [-0.2, -0.15) is 5.10 Å². The Labute approximate surface area is 148 Å². The first-order valence-corrected chi connectivity index (χ1v) is 8.36. The number of nitrogens with one attached hydrogen (secondary N) is 2. The number of hydrogen-bond acceptors (Lipinski definition) is 3. The summed E-state index contributed by atoms with van der Waals surface area (Å²) in [6.07, 6.45) is 1.23. The number of imidazole rings is 1. The predicted octanol–water partition coefficient (Wildman–Crippen LogP) is 3.18. The maximum atomic E-state index is 12.2. The van der Waals surface area contributed by atoms with Crippen molar-refractivity contribution < 1.29 is 0 Å². The van der Waals surface area contributed by atoms with Crippen molar-refractivity contribution in [3.63, 3.8) is 0 Å². The minimum atomic E-state index is -0.273. The number of nitrogens with zero attached hydrogens (tertiary/aromatic N) is 3. The van der Waals surface area contributed by atoms with Crippen LogP contribution in [-0.4, -0.2) is 24.7 Å². The summed E-state index contributed by atoms with van der Waals surface area (Å²) in [5.74, 6) is 1.52. The molecule has 0 aliphatic carbocycles. The highest BCUT2D eigenvalue weighted by Gasteiger charge is 2.14. The van der Waals surface area contributed by atoms with E-state index in [0.717, 1.165) is 28.1 Å². The molecule has 0 fully saturated rings. The molecule has 0 radical (unpaired) electrons. The van der Waals surface area contributed by atoms with E-state index in [1.165, 1.54) is 0 Å². The molecule has 0 aliphatic rings. The van der Waals surface area contributed by atoms with Crippen LogP contribution in [0.4, 0.5) is 0 Å². The minimum Gasteiger partial charge on any atom is -0.342 e. The van der Waals surface area contributed by atoms with Gasteiger partial charge in [-0.3, -0.25) is 0 Å². The summed E-state index contributed by atoms with van der Waals surface area (Å²) in [5, 5.41) is 7.28. The number of halogens is 1. The number of aromatic amines is 2. The highest BCUT2D eigenvalue weighted by Crippen LogP contribution is 2.19. The van der Waals surface area contributed by atoms with Crippen molar-refractivity contribution in [2.75, 3.05) is 0 Å². The molecule has 0 spiro atoms. The van der Waals surface area contributed by atoms with Gasteiger partial charge < -0.3 is 4.98 Å². The van der Waals surface area contributed by atoms with E-state index in [1.807, 2.05) is 37.3 Å². The zero-order valence-electron chi connectivity index (χ0n) is 13.6. The first-order valence-electron chi connectivity index (χ1n) is 7.98. The Morgan fingerprint density at radius 2 is 2.00 bits per heavy atom. The summed E-state index contributed by atoms with van der Waals surface area (Å²) in [4.78, 5) is 20.1. The average Bonchev–Trinajstić information content (AvgIpc) is 3.18. The van der Waals surface area contributed by atoms with Crippen molar-refractivity contribution in [3.8, 4) is 5.69 Å². The molecule has 0 unspecified atom stereocenters. The van der Waals surface area contributed by atoms with Crippen LogP contribution in [0.15, 0.2) is 47.3 Å². The largest absolute Gasteiger partial charge is 0.347 e. The van der Waals surface area contributed by atoms with Gasteiger partial charge in [-0.1, -0.05) is 29.8 Å². The van der Waals surface area contributed by atoms with Gasteiger partial charge in [-0.05, 0) is 36.8 Å². The van der Waals surface area contributed by atoms with Crippen LogP contribution < -0.4 is 5.69 Å². The monoisotopic (exact) mass is 353 g/mol. The molecule has 0 bridgehead atoms. The quantitative estimate of drug-likeness (QED) is 0.591. The second-order valence-corrected chi connectivity index (χ2v) is 6.35. The standard InChI is InChI=1S/C18H16ClN5O/c1-11-6-7-12(19)10-15(11)24-17(22-23-18(24)25)9-8-16-20-13-4-2-3-5-14(13)21-16/h2-7,10H,8-9H2,1H3,(H,20,21)(H,23,25). The summed E-state index contributed by atoms with van der Waals surface area (Å²) < 4.78 is 1.57. The van der Waals surface area contributed by atoms with Crippen LogP contribution in [0, 0.1) is 6.92 Å². The Bertz CT molecular complexity index is 1080. The number of fused-ring (bicyclic) bond motifs is 1. The van der Waals surface area contributed by atoms with Crippen LogP contribution in [0.25, 0.3) is 16.7 Å². The van der Waals surface area contributed by atoms with E-state index in [-0.39, 0.29) is 5.69 Å². The lowest BCUT2D eigenvalue weighted by Gasteiger charge is -2.09. The Morgan fingerprint density at radius 3 is 2.84 bits per heavy atom. The van der Waals surface area contributed by atoms with Crippen LogP contribution in [-0.2, 0) is 12.8 Å². The van der Waals surface area contributed by atoms with Crippen molar-refractivity contribution in [1.29, 1.82) is 0 Å². The molecule has 2 aromatic heterocycles. The number of hydrogen-bond donors (Lipinski definition) is 2. The number of aryl methyl sites for hydroxylation is 3. The van der Waals surface area contributed by atoms with Crippen LogP contribution in [0.2, 0.25) is 5.02 Å². The zero-order chi connectivity index (χ0) is 17.4. The van der Waals surface area contributed by atoms with Crippen molar-refractivity contribution in [3.05, 3.63) is 75.2 Å². The fraction of sp³-hybridized carbons (Fsp3) is 0.167. The van der Waals surface area contributed by atoms with Crippen LogP contribution in [0.1, 0.15) is 17.2 Å². The van der Waals surface area contributed by atoms with E-state index in [2.05, 4.69) is 20.2 Å². The first-order chi connectivity index (χ1) is 12.1. The molecule has 4 rings (SSSR count). The highest BCUT2D eigenvalue weighted by molar-refractivity contribution is 6.30. The van der Waals surface area contributed by atoms with Crippen LogP contribution in [0.5, 0.6) is 0 Å². The summed E-state index contributed by atoms with van der Waals surface area (Å²) in [6, 6.07) is 13.4. The molecule has 0 amide bonds. The maximum absolute atomic E-state index is 12.2. The number of benzene rings is 2. The summed E-state index contributed by atoms with van der Waals surface area (Å²) >= 11 is 6.10. The average molecular weight is 354 g/mol. The zero-order valence-corrected chi connectivity index (χ0v) is 14.3. The second-order valence-electron chi connectivity index (χ2n) is 5.91. The summed E-state index contributed by atoms with van der Waals surface area (Å²) in [7, 11) is 0. The fourth-order valence-electron chi connectivity index (χ4n) is 2.92. The normalized spacial score (nSPS) is 11.3. The van der Waals surface area contributed by atoms with Gasteiger partial charge in [0.05, 0.1) is 16.7 Å². The molecular formula is C18H16ClN5O. The van der Waals surface area contributed by atoms with Crippen molar-refractivity contribution in [2.45, 2.75) is 19.8 Å². The van der Waals surface area contributed by atoms with Gasteiger partial charge in [0.15, 0.2) is 0 Å². The Balaban J connectivity index is 1.65. The molecule has 0 atom stereocenters. The topological polar surface area (TPSA) is 79.4 Å². The van der Waals surface area contributed by atoms with E-state index in [9.17, 15) is 4.79 Å². The minimum absolute atomic E-state index is 0.273. The van der Waals surface area contributed by atoms with Gasteiger partial charge in [0.1, 0.15) is 11.6 Å². The smallest absolute Gasteiger partial charge is 0.342 e. The number of para-hydroxylation sites is 2.